The number of amides is 1. The summed E-state index contributed by atoms with van der Waals surface area (Å²) in [7, 11) is 0. The van der Waals surface area contributed by atoms with E-state index in [0.29, 0.717) is 0 Å². The van der Waals surface area contributed by atoms with Crippen LogP contribution in [0.25, 0.3) is 0 Å². The van der Waals surface area contributed by atoms with Gasteiger partial charge >= 0.3 is 5.97 Å². The highest BCUT2D eigenvalue weighted by molar-refractivity contribution is 8.00. The predicted octanol–water partition coefficient (Wildman–Crippen LogP) is 1.49. The number of hydrogen-bond donors (Lipinski definition) is 2. The molecule has 0 fully saturated rings. The summed E-state index contributed by atoms with van der Waals surface area (Å²) >= 11 is 0.832. The maximum absolute atomic E-state index is 13.0. The first kappa shape index (κ1) is 14.9. The zero-order chi connectivity index (χ0) is 14.4. The minimum absolute atomic E-state index is 0.194. The lowest BCUT2D eigenvalue weighted by atomic mass is 10.2. The highest BCUT2D eigenvalue weighted by Crippen LogP contribution is 2.25. The van der Waals surface area contributed by atoms with Crippen LogP contribution in [-0.4, -0.2) is 33.4 Å². The fraction of sp³-hybridized carbons (Fsp3) is 0.200. The third-order valence-corrected chi connectivity index (χ3v) is 2.81. The fourth-order valence-corrected chi connectivity index (χ4v) is 1.72. The Bertz CT molecular complexity index is 523. The summed E-state index contributed by atoms with van der Waals surface area (Å²) in [6, 6.07) is 2.68. The van der Waals surface area contributed by atoms with Crippen molar-refractivity contribution in [2.45, 2.75) is 0 Å². The van der Waals surface area contributed by atoms with E-state index in [0.717, 1.165) is 30.0 Å². The molecule has 1 amide bonds. The van der Waals surface area contributed by atoms with Crippen LogP contribution in [-0.2, 0) is 9.59 Å². The van der Waals surface area contributed by atoms with Crippen LogP contribution in [0.5, 0.6) is 0 Å². The summed E-state index contributed by atoms with van der Waals surface area (Å²) < 4.78 is 13.0. The van der Waals surface area contributed by atoms with Crippen molar-refractivity contribution in [3.05, 3.63) is 34.1 Å². The summed E-state index contributed by atoms with van der Waals surface area (Å²) in [6.07, 6.45) is 0. The molecule has 7 nitrogen and oxygen atoms in total. The molecule has 0 unspecified atom stereocenters. The number of carbonyl (C=O) groups is 2. The molecule has 0 bridgehead atoms. The van der Waals surface area contributed by atoms with Crippen LogP contribution in [0.3, 0.4) is 0 Å². The lowest BCUT2D eigenvalue weighted by Crippen LogP contribution is -2.16. The van der Waals surface area contributed by atoms with Gasteiger partial charge in [-0.05, 0) is 6.07 Å². The second kappa shape index (κ2) is 6.69. The number of nitro benzene ring substituents is 1. The molecule has 9 heteroatoms. The van der Waals surface area contributed by atoms with Gasteiger partial charge in [-0.2, -0.15) is 0 Å². The summed E-state index contributed by atoms with van der Waals surface area (Å²) in [4.78, 5) is 31.6. The molecule has 1 aromatic carbocycles. The number of benzene rings is 1. The third kappa shape index (κ3) is 4.92. The Morgan fingerprint density at radius 2 is 2.11 bits per heavy atom. The van der Waals surface area contributed by atoms with Crippen LogP contribution in [0.15, 0.2) is 18.2 Å². The van der Waals surface area contributed by atoms with E-state index < -0.39 is 28.3 Å². The van der Waals surface area contributed by atoms with Gasteiger partial charge in [0.15, 0.2) is 0 Å². The van der Waals surface area contributed by atoms with Crippen molar-refractivity contribution in [2.24, 2.45) is 0 Å². The first-order valence-electron chi connectivity index (χ1n) is 4.93. The lowest BCUT2D eigenvalue weighted by molar-refractivity contribution is -0.384. The van der Waals surface area contributed by atoms with E-state index in [1.165, 1.54) is 0 Å². The van der Waals surface area contributed by atoms with Gasteiger partial charge in [0.1, 0.15) is 11.5 Å². The zero-order valence-corrected chi connectivity index (χ0v) is 10.3. The van der Waals surface area contributed by atoms with E-state index in [1.54, 1.807) is 0 Å². The Hall–Kier alpha value is -2.16. The van der Waals surface area contributed by atoms with Gasteiger partial charge in [0.05, 0.1) is 16.4 Å². The SMILES string of the molecule is O=C(O)CSCC(=O)Nc1cc(F)ccc1[N+](=O)[O-]. The molecular weight excluding hydrogens is 279 g/mol. The van der Waals surface area contributed by atoms with Gasteiger partial charge in [0.25, 0.3) is 5.69 Å². The molecule has 2 N–H and O–H groups in total. The van der Waals surface area contributed by atoms with Gasteiger partial charge in [-0.25, -0.2) is 4.39 Å². The quantitative estimate of drug-likeness (QED) is 0.606. The highest BCUT2D eigenvalue weighted by Gasteiger charge is 2.16. The molecule has 0 aliphatic carbocycles. The molecule has 0 spiro atoms. The lowest BCUT2D eigenvalue weighted by Gasteiger charge is -2.05. The maximum Gasteiger partial charge on any atom is 0.313 e. The molecule has 0 saturated heterocycles. The van der Waals surface area contributed by atoms with Crippen molar-refractivity contribution in [2.75, 3.05) is 16.8 Å². The standard InChI is InChI=1S/C10H9FN2O5S/c11-6-1-2-8(13(17)18)7(3-6)12-9(14)4-19-5-10(15)16/h1-3H,4-5H2,(H,12,14)(H,15,16). The topological polar surface area (TPSA) is 110 Å². The maximum atomic E-state index is 13.0. The van der Waals surface area contributed by atoms with Crippen molar-refractivity contribution in [1.82, 2.24) is 0 Å². The number of halogens is 1. The number of carboxylic acids is 1. The molecule has 19 heavy (non-hydrogen) atoms. The average molecular weight is 288 g/mol. The number of nitro groups is 1. The van der Waals surface area contributed by atoms with Crippen LogP contribution in [0, 0.1) is 15.9 Å². The molecule has 0 aliphatic rings. The first-order chi connectivity index (χ1) is 8.90. The van der Waals surface area contributed by atoms with Gasteiger partial charge in [0.2, 0.25) is 5.91 Å². The molecule has 0 radical (unpaired) electrons. The Morgan fingerprint density at radius 1 is 1.42 bits per heavy atom. The Balaban J connectivity index is 2.70. The first-order valence-corrected chi connectivity index (χ1v) is 6.09. The summed E-state index contributed by atoms with van der Waals surface area (Å²) in [5, 5.41) is 21.2. The van der Waals surface area contributed by atoms with E-state index in [4.69, 9.17) is 5.11 Å². The number of aliphatic carboxylic acids is 1. The molecular formula is C10H9FN2O5S. The highest BCUT2D eigenvalue weighted by atomic mass is 32.2. The molecule has 1 rings (SSSR count). The molecule has 102 valence electrons. The Morgan fingerprint density at radius 3 is 2.68 bits per heavy atom. The van der Waals surface area contributed by atoms with Gasteiger partial charge in [-0.3, -0.25) is 19.7 Å². The van der Waals surface area contributed by atoms with E-state index in [-0.39, 0.29) is 17.2 Å². The summed E-state index contributed by atoms with van der Waals surface area (Å²) in [5.41, 5.74) is -0.691. The summed E-state index contributed by atoms with van der Waals surface area (Å²) in [6.45, 7) is 0. The minimum Gasteiger partial charge on any atom is -0.481 e. The van der Waals surface area contributed by atoms with E-state index in [1.807, 2.05) is 0 Å². The van der Waals surface area contributed by atoms with Gasteiger partial charge in [-0.15, -0.1) is 11.8 Å². The molecule has 0 heterocycles. The van der Waals surface area contributed by atoms with Crippen molar-refractivity contribution >= 4 is 35.0 Å². The van der Waals surface area contributed by atoms with Gasteiger partial charge < -0.3 is 10.4 Å². The molecule has 0 aromatic heterocycles. The minimum atomic E-state index is -1.07. The number of hydrogen-bond acceptors (Lipinski definition) is 5. The number of nitrogens with one attached hydrogen (secondary N) is 1. The van der Waals surface area contributed by atoms with Crippen molar-refractivity contribution in [1.29, 1.82) is 0 Å². The van der Waals surface area contributed by atoms with Crippen molar-refractivity contribution < 1.29 is 24.0 Å². The van der Waals surface area contributed by atoms with Crippen LogP contribution in [0.2, 0.25) is 0 Å². The monoisotopic (exact) mass is 288 g/mol. The Kier molecular flexibility index (Phi) is 5.24. The number of carboxylic acid groups (broad SMARTS) is 1. The number of anilines is 1. The number of nitrogens with zero attached hydrogens (tertiary/aromatic N) is 1. The molecule has 0 atom stereocenters. The average Bonchev–Trinajstić information content (AvgIpc) is 2.27. The number of rotatable bonds is 6. The van der Waals surface area contributed by atoms with Crippen LogP contribution >= 0.6 is 11.8 Å². The van der Waals surface area contributed by atoms with Crippen LogP contribution < -0.4 is 5.32 Å². The normalized spacial score (nSPS) is 9.95. The summed E-state index contributed by atoms with van der Waals surface area (Å²) in [5.74, 6) is -2.90. The molecule has 0 saturated carbocycles. The van der Waals surface area contributed by atoms with Crippen LogP contribution in [0.4, 0.5) is 15.8 Å². The Labute approximate surface area is 110 Å². The molecule has 0 aliphatic heterocycles. The van der Waals surface area contributed by atoms with Crippen molar-refractivity contribution in [3.63, 3.8) is 0 Å². The smallest absolute Gasteiger partial charge is 0.313 e. The largest absolute Gasteiger partial charge is 0.481 e. The second-order valence-corrected chi connectivity index (χ2v) is 4.34. The zero-order valence-electron chi connectivity index (χ0n) is 9.46. The number of thioether (sulfide) groups is 1. The van der Waals surface area contributed by atoms with Crippen molar-refractivity contribution in [3.8, 4) is 0 Å². The van der Waals surface area contributed by atoms with E-state index in [9.17, 15) is 24.1 Å². The van der Waals surface area contributed by atoms with E-state index >= 15 is 0 Å². The molecule has 1 aromatic rings. The van der Waals surface area contributed by atoms with Gasteiger partial charge in [-0.1, -0.05) is 0 Å². The fourth-order valence-electron chi connectivity index (χ4n) is 1.18. The third-order valence-electron chi connectivity index (χ3n) is 1.89. The van der Waals surface area contributed by atoms with E-state index in [2.05, 4.69) is 5.32 Å². The predicted molar refractivity (Wildman–Crippen MR) is 66.6 cm³/mol. The van der Waals surface area contributed by atoms with Crippen LogP contribution in [0.1, 0.15) is 0 Å². The number of carbonyl (C=O) groups excluding carboxylic acids is 1. The van der Waals surface area contributed by atoms with Gasteiger partial charge in [0, 0.05) is 12.1 Å². The second-order valence-electron chi connectivity index (χ2n) is 3.35.